The molecule has 0 aromatic rings. The van der Waals surface area contributed by atoms with Crippen molar-refractivity contribution in [2.75, 3.05) is 6.61 Å². The van der Waals surface area contributed by atoms with Crippen molar-refractivity contribution in [2.45, 2.75) is 27.7 Å². The van der Waals surface area contributed by atoms with Crippen LogP contribution in [0.5, 0.6) is 0 Å². The summed E-state index contributed by atoms with van der Waals surface area (Å²) in [5, 5.41) is 8.72. The number of hydrogen-bond donors (Lipinski definition) is 1. The van der Waals surface area contributed by atoms with Gasteiger partial charge < -0.3 is 5.11 Å². The van der Waals surface area contributed by atoms with Crippen molar-refractivity contribution in [3.8, 4) is 0 Å². The molecule has 1 N–H and O–H groups in total. The van der Waals surface area contributed by atoms with Crippen molar-refractivity contribution >= 4 is 0 Å². The van der Waals surface area contributed by atoms with Gasteiger partial charge in [-0.25, -0.2) is 0 Å². The summed E-state index contributed by atoms with van der Waals surface area (Å²) in [7, 11) is 0. The van der Waals surface area contributed by atoms with E-state index in [1.807, 2.05) is 13.0 Å². The summed E-state index contributed by atoms with van der Waals surface area (Å²) in [6, 6.07) is 0. The van der Waals surface area contributed by atoms with Gasteiger partial charge in [0.15, 0.2) is 0 Å². The molecule has 0 amide bonds. The predicted molar refractivity (Wildman–Crippen MR) is 49.4 cm³/mol. The molecular weight excluding hydrogens is 136 g/mol. The van der Waals surface area contributed by atoms with Crippen LogP contribution >= 0.6 is 0 Å². The molecule has 64 valence electrons. The van der Waals surface area contributed by atoms with E-state index in [1.165, 1.54) is 5.57 Å². The molecule has 0 fully saturated rings. The molecule has 0 aliphatic heterocycles. The molecule has 11 heavy (non-hydrogen) atoms. The molecule has 0 unspecified atom stereocenters. The van der Waals surface area contributed by atoms with Crippen molar-refractivity contribution in [3.05, 3.63) is 23.3 Å². The fraction of sp³-hybridized carbons (Fsp3) is 0.600. The van der Waals surface area contributed by atoms with Crippen LogP contribution in [0.4, 0.5) is 0 Å². The minimum atomic E-state index is 0.156. The monoisotopic (exact) mass is 154 g/mol. The molecule has 0 aromatic carbocycles. The lowest BCUT2D eigenvalue weighted by molar-refractivity contribution is 0.331. The average molecular weight is 154 g/mol. The highest BCUT2D eigenvalue weighted by molar-refractivity contribution is 5.21. The van der Waals surface area contributed by atoms with Crippen LogP contribution in [-0.2, 0) is 0 Å². The zero-order chi connectivity index (χ0) is 8.85. The van der Waals surface area contributed by atoms with E-state index >= 15 is 0 Å². The molecule has 0 saturated carbocycles. The molecule has 1 nitrogen and oxygen atoms in total. The molecule has 0 aromatic heterocycles. The van der Waals surface area contributed by atoms with Gasteiger partial charge in [-0.05, 0) is 25.3 Å². The van der Waals surface area contributed by atoms with Crippen LogP contribution < -0.4 is 0 Å². The first-order chi connectivity index (χ1) is 5.06. The minimum absolute atomic E-state index is 0.156. The standard InChI is InChI=1S/C10H18O/c1-8(2)5-9(3)6-10(4)7-11/h5-6,8,11H,7H2,1-4H3/b9-5+,10-6+. The second kappa shape index (κ2) is 5.14. The smallest absolute Gasteiger partial charge is 0.0642 e. The van der Waals surface area contributed by atoms with E-state index < -0.39 is 0 Å². The third-order valence-corrected chi connectivity index (χ3v) is 1.32. The van der Waals surface area contributed by atoms with Gasteiger partial charge in [0.25, 0.3) is 0 Å². The Morgan fingerprint density at radius 3 is 2.27 bits per heavy atom. The summed E-state index contributed by atoms with van der Waals surface area (Å²) in [4.78, 5) is 0. The Labute approximate surface area is 69.4 Å². The van der Waals surface area contributed by atoms with Gasteiger partial charge in [-0.3, -0.25) is 0 Å². The summed E-state index contributed by atoms with van der Waals surface area (Å²) in [5.74, 6) is 0.581. The number of rotatable bonds is 3. The Morgan fingerprint density at radius 2 is 1.91 bits per heavy atom. The largest absolute Gasteiger partial charge is 0.392 e. The van der Waals surface area contributed by atoms with Gasteiger partial charge in [-0.1, -0.05) is 31.6 Å². The molecule has 0 rings (SSSR count). The van der Waals surface area contributed by atoms with Gasteiger partial charge in [0.1, 0.15) is 0 Å². The third-order valence-electron chi connectivity index (χ3n) is 1.32. The van der Waals surface area contributed by atoms with Crippen LogP contribution in [0.15, 0.2) is 23.3 Å². The summed E-state index contributed by atoms with van der Waals surface area (Å²) in [5.41, 5.74) is 2.24. The van der Waals surface area contributed by atoms with Crippen LogP contribution in [0, 0.1) is 5.92 Å². The molecule has 0 saturated heterocycles. The molecule has 0 aliphatic carbocycles. The lowest BCUT2D eigenvalue weighted by Crippen LogP contribution is -1.86. The first-order valence-electron chi connectivity index (χ1n) is 4.02. The van der Waals surface area contributed by atoms with Crippen molar-refractivity contribution in [3.63, 3.8) is 0 Å². The van der Waals surface area contributed by atoms with Crippen LogP contribution in [-0.4, -0.2) is 11.7 Å². The maximum absolute atomic E-state index is 8.72. The first kappa shape index (κ1) is 10.4. The fourth-order valence-corrected chi connectivity index (χ4v) is 1.01. The molecule has 0 radical (unpaired) electrons. The summed E-state index contributed by atoms with van der Waals surface area (Å²) in [6.07, 6.45) is 4.19. The summed E-state index contributed by atoms with van der Waals surface area (Å²) in [6.45, 7) is 8.43. The van der Waals surface area contributed by atoms with E-state index in [0.29, 0.717) is 5.92 Å². The van der Waals surface area contributed by atoms with Crippen LogP contribution in [0.1, 0.15) is 27.7 Å². The van der Waals surface area contributed by atoms with Gasteiger partial charge in [0.2, 0.25) is 0 Å². The predicted octanol–water partition coefficient (Wildman–Crippen LogP) is 2.53. The van der Waals surface area contributed by atoms with Gasteiger partial charge in [-0.15, -0.1) is 0 Å². The molecule has 0 bridgehead atoms. The Morgan fingerprint density at radius 1 is 1.36 bits per heavy atom. The molecule has 0 spiro atoms. The molecule has 0 aliphatic rings. The van der Waals surface area contributed by atoms with E-state index in [4.69, 9.17) is 5.11 Å². The lowest BCUT2D eigenvalue weighted by Gasteiger charge is -1.99. The van der Waals surface area contributed by atoms with Crippen molar-refractivity contribution in [1.82, 2.24) is 0 Å². The number of allylic oxidation sites excluding steroid dienone is 3. The summed E-state index contributed by atoms with van der Waals surface area (Å²) < 4.78 is 0. The Kier molecular flexibility index (Phi) is 4.88. The average Bonchev–Trinajstić information content (AvgIpc) is 1.85. The molecule has 0 heterocycles. The Hall–Kier alpha value is -0.560. The Bertz CT molecular complexity index is 164. The van der Waals surface area contributed by atoms with Gasteiger partial charge in [-0.2, -0.15) is 0 Å². The third kappa shape index (κ3) is 5.86. The normalized spacial score (nSPS) is 14.4. The quantitative estimate of drug-likeness (QED) is 0.619. The van der Waals surface area contributed by atoms with E-state index in [1.54, 1.807) is 0 Å². The van der Waals surface area contributed by atoms with Gasteiger partial charge >= 0.3 is 0 Å². The summed E-state index contributed by atoms with van der Waals surface area (Å²) >= 11 is 0. The highest BCUT2D eigenvalue weighted by Crippen LogP contribution is 2.05. The van der Waals surface area contributed by atoms with E-state index in [9.17, 15) is 0 Å². The zero-order valence-electron chi connectivity index (χ0n) is 7.89. The van der Waals surface area contributed by atoms with E-state index in [2.05, 4.69) is 26.8 Å². The van der Waals surface area contributed by atoms with Gasteiger partial charge in [0, 0.05) is 0 Å². The zero-order valence-corrected chi connectivity index (χ0v) is 7.89. The highest BCUT2D eigenvalue weighted by atomic mass is 16.3. The van der Waals surface area contributed by atoms with E-state index in [-0.39, 0.29) is 6.61 Å². The van der Waals surface area contributed by atoms with Crippen LogP contribution in [0.2, 0.25) is 0 Å². The first-order valence-corrected chi connectivity index (χ1v) is 4.02. The van der Waals surface area contributed by atoms with Gasteiger partial charge in [0.05, 0.1) is 6.61 Å². The van der Waals surface area contributed by atoms with Crippen LogP contribution in [0.3, 0.4) is 0 Å². The minimum Gasteiger partial charge on any atom is -0.392 e. The van der Waals surface area contributed by atoms with Crippen molar-refractivity contribution in [1.29, 1.82) is 0 Å². The number of aliphatic hydroxyl groups is 1. The second-order valence-electron chi connectivity index (χ2n) is 3.30. The molecular formula is C10H18O. The number of aliphatic hydroxyl groups excluding tert-OH is 1. The molecule has 1 heteroatoms. The second-order valence-corrected chi connectivity index (χ2v) is 3.30. The van der Waals surface area contributed by atoms with Crippen molar-refractivity contribution in [2.24, 2.45) is 5.92 Å². The lowest BCUT2D eigenvalue weighted by atomic mass is 10.1. The van der Waals surface area contributed by atoms with Crippen molar-refractivity contribution < 1.29 is 5.11 Å². The maximum atomic E-state index is 8.72. The topological polar surface area (TPSA) is 20.2 Å². The van der Waals surface area contributed by atoms with E-state index in [0.717, 1.165) is 5.57 Å². The fourth-order valence-electron chi connectivity index (χ4n) is 1.01. The highest BCUT2D eigenvalue weighted by Gasteiger charge is 1.89. The molecule has 0 atom stereocenters. The number of hydrogen-bond acceptors (Lipinski definition) is 1. The maximum Gasteiger partial charge on any atom is 0.0642 e. The Balaban J connectivity index is 4.15. The van der Waals surface area contributed by atoms with Crippen LogP contribution in [0.25, 0.3) is 0 Å². The SMILES string of the molecule is CC(=C\C(C)C)/C=C(\C)CO.